The van der Waals surface area contributed by atoms with Crippen LogP contribution in [0.5, 0.6) is 0 Å². The smallest absolute Gasteiger partial charge is 0.222 e. The Labute approximate surface area is 213 Å². The predicted octanol–water partition coefficient (Wildman–Crippen LogP) is 6.20. The second kappa shape index (κ2) is 8.19. The Bertz CT molecular complexity index is 856. The van der Waals surface area contributed by atoms with E-state index in [0.717, 1.165) is 44.1 Å². The van der Waals surface area contributed by atoms with Crippen LogP contribution in [-0.4, -0.2) is 47.8 Å². The van der Waals surface area contributed by atoms with Crippen molar-refractivity contribution in [2.24, 2.45) is 45.3 Å². The molecule has 5 aliphatic carbocycles. The Morgan fingerprint density at radius 1 is 0.971 bits per heavy atom. The van der Waals surface area contributed by atoms with Crippen LogP contribution in [0.4, 0.5) is 0 Å². The lowest BCUT2D eigenvalue weighted by atomic mass is 9.46. The van der Waals surface area contributed by atoms with Crippen LogP contribution in [0.1, 0.15) is 111 Å². The molecule has 1 N–H and O–H groups in total. The van der Waals surface area contributed by atoms with Crippen LogP contribution in [0.25, 0.3) is 0 Å². The van der Waals surface area contributed by atoms with E-state index in [9.17, 15) is 9.90 Å². The summed E-state index contributed by atoms with van der Waals surface area (Å²) in [6.45, 7) is 10.3. The number of likely N-dealkylation sites (N-methyl/N-ethyl adjacent to an activating group) is 1. The van der Waals surface area contributed by atoms with Gasteiger partial charge >= 0.3 is 0 Å². The largest absolute Gasteiger partial charge is 0.393 e. The number of ether oxygens (including phenoxy) is 1. The molecular weight excluding hydrogens is 434 g/mol. The summed E-state index contributed by atoms with van der Waals surface area (Å²) in [5, 5.41) is 10.9. The number of carbonyl (C=O) groups is 1. The molecule has 1 saturated heterocycles. The number of amides is 1. The monoisotopic (exact) mass is 485 g/mol. The fourth-order valence-electron chi connectivity index (χ4n) is 11.4. The number of hydrogen-bond donors (Lipinski definition) is 1. The molecule has 0 aromatic heterocycles. The van der Waals surface area contributed by atoms with Crippen LogP contribution in [0.2, 0.25) is 0 Å². The second-order valence-corrected chi connectivity index (χ2v) is 14.8. The van der Waals surface area contributed by atoms with Crippen molar-refractivity contribution in [1.82, 2.24) is 4.90 Å². The summed E-state index contributed by atoms with van der Waals surface area (Å²) in [4.78, 5) is 14.4. The molecule has 0 bridgehead atoms. The summed E-state index contributed by atoms with van der Waals surface area (Å²) in [6.07, 6.45) is 16.1. The van der Waals surface area contributed by atoms with Gasteiger partial charge in [-0.15, -0.1) is 0 Å². The second-order valence-electron chi connectivity index (χ2n) is 14.8. The maximum atomic E-state index is 12.5. The number of nitrogens with zero attached hydrogens (tertiary/aromatic N) is 1. The number of carbonyl (C=O) groups excluding carboxylic acids is 1. The third-order valence-electron chi connectivity index (χ3n) is 13.3. The van der Waals surface area contributed by atoms with E-state index >= 15 is 0 Å². The average molecular weight is 486 g/mol. The van der Waals surface area contributed by atoms with E-state index < -0.39 is 0 Å². The third kappa shape index (κ3) is 3.33. The van der Waals surface area contributed by atoms with E-state index in [1.807, 2.05) is 11.9 Å². The van der Waals surface area contributed by atoms with Gasteiger partial charge in [-0.3, -0.25) is 4.79 Å². The molecule has 6 fully saturated rings. The van der Waals surface area contributed by atoms with Gasteiger partial charge in [0.1, 0.15) is 0 Å². The first-order valence-corrected chi connectivity index (χ1v) is 15.2. The molecule has 5 saturated carbocycles. The Morgan fingerprint density at radius 3 is 2.51 bits per heavy atom. The van der Waals surface area contributed by atoms with Crippen molar-refractivity contribution in [2.75, 3.05) is 13.6 Å². The van der Waals surface area contributed by atoms with E-state index in [0.29, 0.717) is 40.6 Å². The van der Waals surface area contributed by atoms with Gasteiger partial charge in [0.2, 0.25) is 5.91 Å². The summed E-state index contributed by atoms with van der Waals surface area (Å²) < 4.78 is 6.84. The van der Waals surface area contributed by atoms with Crippen molar-refractivity contribution in [3.8, 4) is 0 Å². The fourth-order valence-corrected chi connectivity index (χ4v) is 11.4. The summed E-state index contributed by atoms with van der Waals surface area (Å²) in [5.74, 6) is 3.38. The van der Waals surface area contributed by atoms with Crippen molar-refractivity contribution in [2.45, 2.75) is 129 Å². The van der Waals surface area contributed by atoms with Crippen molar-refractivity contribution < 1.29 is 14.6 Å². The highest BCUT2D eigenvalue weighted by molar-refractivity contribution is 5.75. The van der Waals surface area contributed by atoms with Crippen LogP contribution in [-0.2, 0) is 9.53 Å². The minimum Gasteiger partial charge on any atom is -0.393 e. The van der Waals surface area contributed by atoms with Gasteiger partial charge in [-0.05, 0) is 116 Å². The molecule has 6 rings (SSSR count). The molecule has 0 aromatic rings. The number of unbranched alkanes of at least 4 members (excludes halogenated alkanes) is 1. The van der Waals surface area contributed by atoms with Crippen molar-refractivity contribution >= 4 is 5.91 Å². The average Bonchev–Trinajstić information content (AvgIpc) is 3.40. The lowest BCUT2D eigenvalue weighted by molar-refractivity contribution is -0.139. The van der Waals surface area contributed by atoms with E-state index in [2.05, 4.69) is 27.7 Å². The molecule has 198 valence electrons. The summed E-state index contributed by atoms with van der Waals surface area (Å²) in [6, 6.07) is 0. The quantitative estimate of drug-likeness (QED) is 0.504. The highest BCUT2D eigenvalue weighted by Crippen LogP contribution is 2.87. The van der Waals surface area contributed by atoms with E-state index in [4.69, 9.17) is 4.74 Å². The van der Waals surface area contributed by atoms with Gasteiger partial charge in [0.05, 0.1) is 18.3 Å². The zero-order valence-corrected chi connectivity index (χ0v) is 23.2. The van der Waals surface area contributed by atoms with Gasteiger partial charge in [-0.25, -0.2) is 0 Å². The number of aliphatic hydroxyl groups excluding tert-OH is 1. The molecule has 6 aliphatic rings. The SMILES string of the molecule is CCCCC(=O)N(C)CC1CCC2C(CC3C4CCC5C(C)(C)[C@@H](O)CCC56C[C@@]46CCC23C)O1. The molecule has 1 amide bonds. The molecule has 0 radical (unpaired) electrons. The van der Waals surface area contributed by atoms with E-state index in [1.165, 1.54) is 51.4 Å². The first-order chi connectivity index (χ1) is 16.6. The van der Waals surface area contributed by atoms with Gasteiger partial charge in [0, 0.05) is 20.0 Å². The predicted molar refractivity (Wildman–Crippen MR) is 139 cm³/mol. The summed E-state index contributed by atoms with van der Waals surface area (Å²) in [5.41, 5.74) is 1.61. The summed E-state index contributed by atoms with van der Waals surface area (Å²) >= 11 is 0. The van der Waals surface area contributed by atoms with Gasteiger partial charge in [0.15, 0.2) is 0 Å². The molecule has 4 nitrogen and oxygen atoms in total. The van der Waals surface area contributed by atoms with Crippen molar-refractivity contribution in [3.63, 3.8) is 0 Å². The van der Waals surface area contributed by atoms with Gasteiger partial charge in [0.25, 0.3) is 0 Å². The maximum absolute atomic E-state index is 12.5. The first-order valence-electron chi connectivity index (χ1n) is 15.2. The van der Waals surface area contributed by atoms with E-state index in [1.54, 1.807) is 0 Å². The lowest BCUT2D eigenvalue weighted by Gasteiger charge is -2.59. The Kier molecular flexibility index (Phi) is 5.78. The Balaban J connectivity index is 1.16. The van der Waals surface area contributed by atoms with Gasteiger partial charge in [-0.1, -0.05) is 34.1 Å². The number of hydrogen-bond acceptors (Lipinski definition) is 3. The maximum Gasteiger partial charge on any atom is 0.222 e. The van der Waals surface area contributed by atoms with Crippen molar-refractivity contribution in [1.29, 1.82) is 0 Å². The molecule has 0 aromatic carbocycles. The van der Waals surface area contributed by atoms with Crippen LogP contribution < -0.4 is 0 Å². The van der Waals surface area contributed by atoms with Gasteiger partial charge < -0.3 is 14.7 Å². The molecular formula is C31H51NO3. The van der Waals surface area contributed by atoms with Crippen molar-refractivity contribution in [3.05, 3.63) is 0 Å². The molecule has 4 heteroatoms. The zero-order chi connectivity index (χ0) is 24.8. The number of rotatable bonds is 5. The molecule has 2 spiro atoms. The zero-order valence-electron chi connectivity index (χ0n) is 23.2. The minimum absolute atomic E-state index is 0.0774. The Morgan fingerprint density at radius 2 is 1.74 bits per heavy atom. The molecule has 8 unspecified atom stereocenters. The Hall–Kier alpha value is -0.610. The van der Waals surface area contributed by atoms with E-state index in [-0.39, 0.29) is 23.5 Å². The molecule has 35 heavy (non-hydrogen) atoms. The molecule has 1 aliphatic heterocycles. The van der Waals surface area contributed by atoms with Crippen LogP contribution in [0, 0.1) is 45.3 Å². The lowest BCUT2D eigenvalue weighted by Crippen LogP contribution is -2.54. The van der Waals surface area contributed by atoms with Gasteiger partial charge in [-0.2, -0.15) is 0 Å². The highest BCUT2D eigenvalue weighted by Gasteiger charge is 2.80. The number of fused-ring (bicyclic) bond motifs is 4. The minimum atomic E-state index is -0.118. The fraction of sp³-hybridized carbons (Fsp3) is 0.968. The van der Waals surface area contributed by atoms with Crippen LogP contribution in [0.3, 0.4) is 0 Å². The van der Waals surface area contributed by atoms with Crippen LogP contribution >= 0.6 is 0 Å². The first kappa shape index (κ1) is 24.7. The topological polar surface area (TPSA) is 49.8 Å². The number of aliphatic hydroxyl groups is 1. The third-order valence-corrected chi connectivity index (χ3v) is 13.3. The molecule has 10 atom stereocenters. The normalized spacial score (nSPS) is 51.3. The standard InChI is InChI=1S/C31H51NO3/c1-6-7-8-27(34)32(5)18-20-9-10-22-24(35-20)17-23-21-11-12-25-28(2,3)26(33)13-14-31(25)19-30(21,31)16-15-29(22,23)4/h20-26,33H,6-19H2,1-5H3/t20?,21?,22?,23?,24?,25?,26-,29?,30-,31?/m0/s1. The molecule has 1 heterocycles. The van der Waals surface area contributed by atoms with Crippen LogP contribution in [0.15, 0.2) is 0 Å². The highest BCUT2D eigenvalue weighted by atomic mass is 16.5. The summed E-state index contributed by atoms with van der Waals surface area (Å²) in [7, 11) is 1.97.